The van der Waals surface area contributed by atoms with Crippen molar-refractivity contribution < 1.29 is 73.8 Å². The number of allylic oxidation sites excluding steroid dienone is 7. The minimum atomic E-state index is -1.78. The molecule has 4 unspecified atom stereocenters. The normalized spacial score (nSPS) is 25.8. The third-order valence-electron chi connectivity index (χ3n) is 12.1. The third-order valence-corrected chi connectivity index (χ3v) is 12.1. The summed E-state index contributed by atoms with van der Waals surface area (Å²) in [5.74, 6) is -1.01. The molecule has 0 aromatic heterocycles. The Balaban J connectivity index is 1.85. The predicted molar refractivity (Wildman–Crippen MR) is 260 cm³/mol. The average Bonchev–Trinajstić information content (AvgIpc) is 3.33. The van der Waals surface area contributed by atoms with E-state index < -0.39 is 99.3 Å². The molecule has 0 aromatic carbocycles. The second-order valence-corrected chi connectivity index (χ2v) is 18.1. The highest BCUT2D eigenvalue weighted by atomic mass is 16.7. The van der Waals surface area contributed by atoms with Gasteiger partial charge in [0.15, 0.2) is 18.7 Å². The van der Waals surface area contributed by atoms with E-state index in [0.29, 0.717) is 19.3 Å². The monoisotopic (exact) mass is 967 g/mol. The molecular formula is C53H90O15. The molecule has 2 heterocycles. The van der Waals surface area contributed by atoms with Crippen LogP contribution in [0.15, 0.2) is 54.3 Å². The number of aliphatic hydroxyl groups excluding tert-OH is 7. The molecule has 0 saturated carbocycles. The molecule has 2 rings (SSSR count). The number of aliphatic hydroxyl groups is 7. The predicted octanol–water partition coefficient (Wildman–Crippen LogP) is 7.25. The number of carbonyl (C=O) groups excluding carboxylic acids is 2. The Morgan fingerprint density at radius 3 is 1.57 bits per heavy atom. The SMILES string of the molecule is CCCCCCCC=C=CCCCCCCCC(=O)OC[C@H](CO[C@H]1O[C@@H](CO[C@H]2O[C@@H](CO)[C@@H](O)C(O)C2O)[C@@H](O)C(O)C1O)OC(=O)CCC/C=C/C/C=C/C/C=C/CCCCCCCC. The van der Waals surface area contributed by atoms with Crippen molar-refractivity contribution >= 4 is 11.9 Å². The molecule has 2 aliphatic rings. The van der Waals surface area contributed by atoms with E-state index in [-0.39, 0.29) is 19.4 Å². The number of rotatable bonds is 39. The van der Waals surface area contributed by atoms with Crippen molar-refractivity contribution in [3.63, 3.8) is 0 Å². The molecule has 7 N–H and O–H groups in total. The van der Waals surface area contributed by atoms with Crippen LogP contribution in [0.25, 0.3) is 0 Å². The Labute approximate surface area is 407 Å². The molecule has 0 radical (unpaired) electrons. The van der Waals surface area contributed by atoms with E-state index in [0.717, 1.165) is 57.8 Å². The Morgan fingerprint density at radius 2 is 0.985 bits per heavy atom. The van der Waals surface area contributed by atoms with Gasteiger partial charge in [0.05, 0.1) is 19.8 Å². The molecule has 2 saturated heterocycles. The van der Waals surface area contributed by atoms with Crippen LogP contribution in [0.3, 0.4) is 0 Å². The minimum Gasteiger partial charge on any atom is -0.462 e. The van der Waals surface area contributed by atoms with Gasteiger partial charge in [-0.05, 0) is 82.8 Å². The van der Waals surface area contributed by atoms with E-state index in [4.69, 9.17) is 28.4 Å². The van der Waals surface area contributed by atoms with Gasteiger partial charge in [0.25, 0.3) is 0 Å². The fraction of sp³-hybridized carbons (Fsp3) is 0.792. The molecule has 0 aromatic rings. The van der Waals surface area contributed by atoms with Crippen LogP contribution in [-0.4, -0.2) is 142 Å². The van der Waals surface area contributed by atoms with Gasteiger partial charge in [-0.15, -0.1) is 5.73 Å². The van der Waals surface area contributed by atoms with Gasteiger partial charge < -0.3 is 64.2 Å². The van der Waals surface area contributed by atoms with Gasteiger partial charge in [0.1, 0.15) is 55.4 Å². The van der Waals surface area contributed by atoms with Crippen LogP contribution >= 0.6 is 0 Å². The summed E-state index contributed by atoms with van der Waals surface area (Å²) in [6.07, 6.45) is 25.0. The van der Waals surface area contributed by atoms with Crippen molar-refractivity contribution in [2.45, 2.75) is 242 Å². The molecular weight excluding hydrogens is 877 g/mol. The van der Waals surface area contributed by atoms with E-state index in [2.05, 4.69) is 62.1 Å². The lowest BCUT2D eigenvalue weighted by atomic mass is 9.98. The minimum absolute atomic E-state index is 0.0874. The molecule has 392 valence electrons. The summed E-state index contributed by atoms with van der Waals surface area (Å²) in [6, 6.07) is 0. The molecule has 0 spiro atoms. The summed E-state index contributed by atoms with van der Waals surface area (Å²) in [5.41, 5.74) is 3.28. The molecule has 0 bridgehead atoms. The largest absolute Gasteiger partial charge is 0.462 e. The summed E-state index contributed by atoms with van der Waals surface area (Å²) in [6.45, 7) is 2.48. The Morgan fingerprint density at radius 1 is 0.515 bits per heavy atom. The fourth-order valence-corrected chi connectivity index (χ4v) is 7.74. The highest BCUT2D eigenvalue weighted by molar-refractivity contribution is 5.70. The van der Waals surface area contributed by atoms with Gasteiger partial charge in [-0.1, -0.05) is 127 Å². The fourth-order valence-electron chi connectivity index (χ4n) is 7.74. The summed E-state index contributed by atoms with van der Waals surface area (Å²) in [5, 5.41) is 72.1. The highest BCUT2D eigenvalue weighted by Gasteiger charge is 2.47. The molecule has 11 atom stereocenters. The first-order chi connectivity index (χ1) is 33.0. The van der Waals surface area contributed by atoms with E-state index in [1.807, 2.05) is 6.08 Å². The first-order valence-corrected chi connectivity index (χ1v) is 26.0. The van der Waals surface area contributed by atoms with Gasteiger partial charge in [-0.2, -0.15) is 0 Å². The topological polar surface area (TPSA) is 231 Å². The lowest BCUT2D eigenvalue weighted by Gasteiger charge is -2.42. The van der Waals surface area contributed by atoms with Crippen molar-refractivity contribution in [3.05, 3.63) is 54.3 Å². The maximum Gasteiger partial charge on any atom is 0.306 e. The number of unbranched alkanes of at least 4 members (excludes halogenated alkanes) is 17. The highest BCUT2D eigenvalue weighted by Crippen LogP contribution is 2.26. The van der Waals surface area contributed by atoms with Crippen LogP contribution < -0.4 is 0 Å². The first-order valence-electron chi connectivity index (χ1n) is 26.0. The van der Waals surface area contributed by atoms with Crippen molar-refractivity contribution in [2.24, 2.45) is 0 Å². The molecule has 68 heavy (non-hydrogen) atoms. The van der Waals surface area contributed by atoms with Gasteiger partial charge in [0.2, 0.25) is 0 Å². The van der Waals surface area contributed by atoms with Crippen molar-refractivity contribution in [1.82, 2.24) is 0 Å². The lowest BCUT2D eigenvalue weighted by molar-refractivity contribution is -0.332. The quantitative estimate of drug-likeness (QED) is 0.0139. The molecule has 15 heteroatoms. The van der Waals surface area contributed by atoms with Crippen molar-refractivity contribution in [1.29, 1.82) is 0 Å². The van der Waals surface area contributed by atoms with Gasteiger partial charge in [-0.3, -0.25) is 9.59 Å². The Hall–Kier alpha value is -2.76. The van der Waals surface area contributed by atoms with Gasteiger partial charge >= 0.3 is 11.9 Å². The van der Waals surface area contributed by atoms with E-state index in [9.17, 15) is 45.3 Å². The zero-order chi connectivity index (χ0) is 49.6. The maximum atomic E-state index is 13.0. The number of carbonyl (C=O) groups is 2. The van der Waals surface area contributed by atoms with E-state index >= 15 is 0 Å². The van der Waals surface area contributed by atoms with E-state index in [1.54, 1.807) is 0 Å². The summed E-state index contributed by atoms with van der Waals surface area (Å²) >= 11 is 0. The second kappa shape index (κ2) is 39.9. The zero-order valence-electron chi connectivity index (χ0n) is 41.4. The van der Waals surface area contributed by atoms with Crippen LogP contribution in [0, 0.1) is 0 Å². The van der Waals surface area contributed by atoms with Crippen LogP contribution in [0.4, 0.5) is 0 Å². The number of esters is 2. The zero-order valence-corrected chi connectivity index (χ0v) is 41.4. The van der Waals surface area contributed by atoms with Crippen molar-refractivity contribution in [3.8, 4) is 0 Å². The van der Waals surface area contributed by atoms with Crippen LogP contribution in [0.5, 0.6) is 0 Å². The Bertz CT molecular complexity index is 1430. The van der Waals surface area contributed by atoms with Gasteiger partial charge in [-0.25, -0.2) is 0 Å². The van der Waals surface area contributed by atoms with Crippen LogP contribution in [0.1, 0.15) is 174 Å². The first kappa shape index (κ1) is 61.4. The molecule has 2 aliphatic heterocycles. The van der Waals surface area contributed by atoms with Crippen LogP contribution in [0.2, 0.25) is 0 Å². The molecule has 0 aliphatic carbocycles. The van der Waals surface area contributed by atoms with Crippen LogP contribution in [-0.2, 0) is 38.0 Å². The maximum absolute atomic E-state index is 13.0. The lowest BCUT2D eigenvalue weighted by Crippen LogP contribution is -2.61. The molecule has 0 amide bonds. The smallest absolute Gasteiger partial charge is 0.306 e. The summed E-state index contributed by atoms with van der Waals surface area (Å²) < 4.78 is 33.5. The number of hydrogen-bond acceptors (Lipinski definition) is 15. The number of hydrogen-bond donors (Lipinski definition) is 7. The summed E-state index contributed by atoms with van der Waals surface area (Å²) in [4.78, 5) is 25.7. The Kier molecular flexibility index (Phi) is 36.0. The summed E-state index contributed by atoms with van der Waals surface area (Å²) in [7, 11) is 0. The number of ether oxygens (including phenoxy) is 6. The van der Waals surface area contributed by atoms with E-state index in [1.165, 1.54) is 70.6 Å². The third kappa shape index (κ3) is 27.6. The van der Waals surface area contributed by atoms with Gasteiger partial charge in [0, 0.05) is 12.8 Å². The standard InChI is InChI=1S/C53H90O15/c1-3-5-7-9-11-13-15-17-19-20-22-24-26-28-30-32-34-36-45(56)66-41(38-63-44(55)35-33-31-29-27-25-23-21-18-16-14-12-10-8-6-4-2)39-64-52-51(62)49(60)47(58)43(68-52)40-65-53-50(61)48(59)46(57)42(37-54)67-53/h16-17,19,21-22,24,28,30,41-43,46-54,57-62H,3-15,20,23,25-27,29,31-40H2,1-2H3/b19-17+,24-22+,30-28+/t18?,41-,42+,43+,46-,47-,48?,49?,50?,51?,52+,53+/m1/s1. The molecule has 15 nitrogen and oxygen atoms in total. The van der Waals surface area contributed by atoms with Crippen molar-refractivity contribution in [2.75, 3.05) is 26.4 Å². The molecule has 2 fully saturated rings. The second-order valence-electron chi connectivity index (χ2n) is 18.1. The average molecular weight is 967 g/mol.